The molecule has 0 saturated carbocycles. The van der Waals surface area contributed by atoms with Crippen LogP contribution in [0.3, 0.4) is 0 Å². The fourth-order valence-electron chi connectivity index (χ4n) is 2.58. The minimum atomic E-state index is -3.85. The van der Waals surface area contributed by atoms with Gasteiger partial charge in [0.1, 0.15) is 5.75 Å². The van der Waals surface area contributed by atoms with Gasteiger partial charge in [-0.25, -0.2) is 13.2 Å². The number of sulfonamides is 1. The Kier molecular flexibility index (Phi) is 6.68. The topological polar surface area (TPSA) is 93.7 Å². The third kappa shape index (κ3) is 5.62. The third-order valence-electron chi connectivity index (χ3n) is 3.55. The number of aryl methyl sites for hydroxylation is 2. The van der Waals surface area contributed by atoms with Gasteiger partial charge in [0.25, 0.3) is 10.0 Å². The van der Waals surface area contributed by atoms with E-state index < -0.39 is 16.1 Å². The van der Waals surface area contributed by atoms with Crippen LogP contribution in [-0.4, -0.2) is 27.7 Å². The zero-order chi connectivity index (χ0) is 20.0. The molecule has 0 aliphatic rings. The lowest BCUT2D eigenvalue weighted by Crippen LogP contribution is -2.16. The van der Waals surface area contributed by atoms with Crippen LogP contribution in [0.2, 0.25) is 0 Å². The highest BCUT2D eigenvalue weighted by Crippen LogP contribution is 2.29. The summed E-state index contributed by atoms with van der Waals surface area (Å²) in [7, 11) is -3.85. The molecule has 0 spiro atoms. The number of carbonyl (C=O) groups is 1. The van der Waals surface area contributed by atoms with Crippen LogP contribution in [0.25, 0.3) is 0 Å². The van der Waals surface area contributed by atoms with E-state index in [1.165, 1.54) is 18.2 Å². The molecule has 2 N–H and O–H groups in total. The predicted octanol–water partition coefficient (Wildman–Crippen LogP) is 4.07. The van der Waals surface area contributed by atoms with E-state index in [4.69, 9.17) is 9.47 Å². The summed E-state index contributed by atoms with van der Waals surface area (Å²) in [5.74, 6) is 0.357. The monoisotopic (exact) mass is 392 g/mol. The molecule has 0 saturated heterocycles. The molecule has 2 rings (SSSR count). The van der Waals surface area contributed by atoms with Crippen LogP contribution in [0.1, 0.15) is 25.0 Å². The summed E-state index contributed by atoms with van der Waals surface area (Å²) in [6.07, 6.45) is -0.685. The number of ether oxygens (including phenoxy) is 2. The van der Waals surface area contributed by atoms with Gasteiger partial charge >= 0.3 is 6.09 Å². The van der Waals surface area contributed by atoms with E-state index in [-0.39, 0.29) is 17.2 Å². The fraction of sp³-hybridized carbons (Fsp3) is 0.316. The highest BCUT2D eigenvalue weighted by molar-refractivity contribution is 7.92. The van der Waals surface area contributed by atoms with Gasteiger partial charge in [-0.2, -0.15) is 0 Å². The Balaban J connectivity index is 2.36. The lowest BCUT2D eigenvalue weighted by molar-refractivity contribution is 0.167. The first-order chi connectivity index (χ1) is 12.7. The third-order valence-corrected chi connectivity index (χ3v) is 4.93. The number of carbonyl (C=O) groups excluding carboxylic acids is 1. The number of amides is 1. The maximum atomic E-state index is 12.8. The predicted molar refractivity (Wildman–Crippen MR) is 105 cm³/mol. The van der Waals surface area contributed by atoms with Crippen molar-refractivity contribution < 1.29 is 22.7 Å². The molecule has 27 heavy (non-hydrogen) atoms. The summed E-state index contributed by atoms with van der Waals surface area (Å²) in [4.78, 5) is 11.7. The Hall–Kier alpha value is -2.74. The van der Waals surface area contributed by atoms with E-state index >= 15 is 0 Å². The van der Waals surface area contributed by atoms with Crippen LogP contribution >= 0.6 is 0 Å². The molecule has 0 heterocycles. The van der Waals surface area contributed by atoms with E-state index in [9.17, 15) is 13.2 Å². The molecular weight excluding hydrogens is 368 g/mol. The molecule has 2 aromatic rings. The SMILES string of the molecule is CCOC(=O)Nc1cc(S(=O)(=O)Nc2cc(C)cc(C)c2)ccc1OCC. The first kappa shape index (κ1) is 20.6. The van der Waals surface area contributed by atoms with Crippen molar-refractivity contribution in [1.29, 1.82) is 0 Å². The summed E-state index contributed by atoms with van der Waals surface area (Å²) in [6, 6.07) is 9.71. The highest BCUT2D eigenvalue weighted by Gasteiger charge is 2.18. The van der Waals surface area contributed by atoms with Gasteiger partial charge in [0.05, 0.1) is 23.8 Å². The van der Waals surface area contributed by atoms with Gasteiger partial charge in [-0.3, -0.25) is 10.0 Å². The normalized spacial score (nSPS) is 11.0. The number of nitrogens with one attached hydrogen (secondary N) is 2. The molecule has 0 atom stereocenters. The first-order valence-electron chi connectivity index (χ1n) is 8.57. The van der Waals surface area contributed by atoms with Crippen molar-refractivity contribution >= 4 is 27.5 Å². The molecule has 0 unspecified atom stereocenters. The van der Waals surface area contributed by atoms with E-state index in [0.29, 0.717) is 18.0 Å². The Morgan fingerprint density at radius 2 is 1.67 bits per heavy atom. The highest BCUT2D eigenvalue weighted by atomic mass is 32.2. The second-order valence-electron chi connectivity index (χ2n) is 5.92. The molecule has 146 valence electrons. The van der Waals surface area contributed by atoms with Gasteiger partial charge in [0, 0.05) is 5.69 Å². The molecular formula is C19H24N2O5S. The maximum absolute atomic E-state index is 12.8. The van der Waals surface area contributed by atoms with E-state index in [2.05, 4.69) is 10.0 Å². The van der Waals surface area contributed by atoms with Crippen LogP contribution in [0.4, 0.5) is 16.2 Å². The largest absolute Gasteiger partial charge is 0.492 e. The average Bonchev–Trinajstić information content (AvgIpc) is 2.55. The van der Waals surface area contributed by atoms with Crippen LogP contribution < -0.4 is 14.8 Å². The zero-order valence-electron chi connectivity index (χ0n) is 15.8. The van der Waals surface area contributed by atoms with E-state index in [1.54, 1.807) is 26.0 Å². The zero-order valence-corrected chi connectivity index (χ0v) is 16.6. The van der Waals surface area contributed by atoms with Crippen molar-refractivity contribution in [3.8, 4) is 5.75 Å². The lowest BCUT2D eigenvalue weighted by atomic mass is 10.1. The Bertz CT molecular complexity index is 905. The maximum Gasteiger partial charge on any atom is 0.411 e. The van der Waals surface area contributed by atoms with Crippen molar-refractivity contribution in [3.63, 3.8) is 0 Å². The number of hydrogen-bond acceptors (Lipinski definition) is 5. The quantitative estimate of drug-likeness (QED) is 0.741. The smallest absolute Gasteiger partial charge is 0.411 e. The Labute approximate surface area is 159 Å². The number of benzene rings is 2. The van der Waals surface area contributed by atoms with Crippen LogP contribution in [0, 0.1) is 13.8 Å². The van der Waals surface area contributed by atoms with Crippen molar-refractivity contribution in [3.05, 3.63) is 47.5 Å². The van der Waals surface area contributed by atoms with Gasteiger partial charge < -0.3 is 9.47 Å². The van der Waals surface area contributed by atoms with Gasteiger partial charge in [0.2, 0.25) is 0 Å². The summed E-state index contributed by atoms with van der Waals surface area (Å²) in [5.41, 5.74) is 2.59. The molecule has 0 aliphatic heterocycles. The molecule has 0 radical (unpaired) electrons. The fourth-order valence-corrected chi connectivity index (χ4v) is 3.65. The van der Waals surface area contributed by atoms with Gasteiger partial charge in [-0.1, -0.05) is 6.07 Å². The minimum Gasteiger partial charge on any atom is -0.492 e. The second kappa shape index (κ2) is 8.77. The van der Waals surface area contributed by atoms with E-state index in [0.717, 1.165) is 11.1 Å². The molecule has 2 aromatic carbocycles. The Morgan fingerprint density at radius 3 is 2.26 bits per heavy atom. The molecule has 0 bridgehead atoms. The van der Waals surface area contributed by atoms with Crippen molar-refractivity contribution in [2.45, 2.75) is 32.6 Å². The van der Waals surface area contributed by atoms with Gasteiger partial charge in [-0.05, 0) is 69.2 Å². The average molecular weight is 392 g/mol. The number of hydrogen-bond donors (Lipinski definition) is 2. The molecule has 0 aromatic heterocycles. The minimum absolute atomic E-state index is 0.00286. The van der Waals surface area contributed by atoms with Crippen LogP contribution in [0.15, 0.2) is 41.3 Å². The summed E-state index contributed by atoms with van der Waals surface area (Å²) >= 11 is 0. The van der Waals surface area contributed by atoms with Gasteiger partial charge in [0.15, 0.2) is 0 Å². The number of rotatable bonds is 7. The van der Waals surface area contributed by atoms with Crippen molar-refractivity contribution in [1.82, 2.24) is 0 Å². The van der Waals surface area contributed by atoms with Crippen molar-refractivity contribution in [2.75, 3.05) is 23.3 Å². The second-order valence-corrected chi connectivity index (χ2v) is 7.60. The first-order valence-corrected chi connectivity index (χ1v) is 10.0. The molecule has 8 heteroatoms. The standard InChI is InChI=1S/C19H24N2O5S/c1-5-25-18-8-7-16(12-17(18)20-19(22)26-6-2)27(23,24)21-15-10-13(3)9-14(4)11-15/h7-12,21H,5-6H2,1-4H3,(H,20,22). The van der Waals surface area contributed by atoms with E-state index in [1.807, 2.05) is 19.9 Å². The molecule has 0 fully saturated rings. The molecule has 1 amide bonds. The lowest BCUT2D eigenvalue weighted by Gasteiger charge is -2.14. The Morgan fingerprint density at radius 1 is 1.00 bits per heavy atom. The van der Waals surface area contributed by atoms with Gasteiger partial charge in [-0.15, -0.1) is 0 Å². The molecule has 7 nitrogen and oxygen atoms in total. The summed E-state index contributed by atoms with van der Waals surface area (Å²) in [5, 5.41) is 2.51. The summed E-state index contributed by atoms with van der Waals surface area (Å²) in [6.45, 7) is 7.82. The molecule has 0 aliphatic carbocycles. The number of anilines is 2. The van der Waals surface area contributed by atoms with Crippen molar-refractivity contribution in [2.24, 2.45) is 0 Å². The summed E-state index contributed by atoms with van der Waals surface area (Å²) < 4.78 is 38.4. The van der Waals surface area contributed by atoms with Crippen LogP contribution in [-0.2, 0) is 14.8 Å². The van der Waals surface area contributed by atoms with Crippen LogP contribution in [0.5, 0.6) is 5.75 Å².